The molecule has 1 unspecified atom stereocenters. The number of hydrazine groups is 1. The quantitative estimate of drug-likeness (QED) is 0.659. The van der Waals surface area contributed by atoms with Crippen molar-refractivity contribution in [2.45, 2.75) is 19.4 Å². The molecule has 0 spiro atoms. The molecule has 0 aliphatic rings. The van der Waals surface area contributed by atoms with Gasteiger partial charge in [0.1, 0.15) is 0 Å². The molecule has 1 atom stereocenters. The van der Waals surface area contributed by atoms with E-state index in [2.05, 4.69) is 15.4 Å². The van der Waals surface area contributed by atoms with Crippen molar-refractivity contribution in [3.8, 4) is 0 Å². The number of nitrogens with one attached hydrogen (secondary N) is 1. The predicted octanol–water partition coefficient (Wildman–Crippen LogP) is 2.25. The van der Waals surface area contributed by atoms with Crippen molar-refractivity contribution < 1.29 is 0 Å². The van der Waals surface area contributed by atoms with Gasteiger partial charge >= 0.3 is 0 Å². The zero-order chi connectivity index (χ0) is 12.3. The minimum Gasteiger partial charge on any atom is -0.271 e. The van der Waals surface area contributed by atoms with Crippen LogP contribution in [0.5, 0.6) is 0 Å². The van der Waals surface area contributed by atoms with Crippen molar-refractivity contribution in [1.82, 2.24) is 15.4 Å². The summed E-state index contributed by atoms with van der Waals surface area (Å²) < 4.78 is 0. The highest BCUT2D eigenvalue weighted by Gasteiger charge is 2.13. The van der Waals surface area contributed by atoms with E-state index in [-0.39, 0.29) is 6.04 Å². The molecule has 17 heavy (non-hydrogen) atoms. The molecule has 0 aliphatic heterocycles. The van der Waals surface area contributed by atoms with Crippen LogP contribution in [0.15, 0.2) is 23.7 Å². The highest BCUT2D eigenvalue weighted by Crippen LogP contribution is 2.19. The Balaban J connectivity index is 2.13. The summed E-state index contributed by atoms with van der Waals surface area (Å²) in [5.74, 6) is 5.55. The Hall–Kier alpha value is -1.01. The topological polar surface area (TPSA) is 63.8 Å². The van der Waals surface area contributed by atoms with Crippen LogP contribution in [0, 0.1) is 6.92 Å². The molecule has 0 aliphatic carbocycles. The Morgan fingerprint density at radius 3 is 2.88 bits per heavy atom. The van der Waals surface area contributed by atoms with Crippen LogP contribution in [0.1, 0.15) is 22.4 Å². The second-order valence-electron chi connectivity index (χ2n) is 3.71. The van der Waals surface area contributed by atoms with Crippen molar-refractivity contribution in [2.24, 2.45) is 5.84 Å². The SMILES string of the molecule is Cc1csc(CC(NN)c2ccc(Cl)cn2)n1. The monoisotopic (exact) mass is 268 g/mol. The van der Waals surface area contributed by atoms with E-state index in [9.17, 15) is 0 Å². The molecular weight excluding hydrogens is 256 g/mol. The highest BCUT2D eigenvalue weighted by molar-refractivity contribution is 7.09. The van der Waals surface area contributed by atoms with E-state index in [1.165, 1.54) is 0 Å². The largest absolute Gasteiger partial charge is 0.271 e. The third kappa shape index (κ3) is 3.23. The molecule has 0 aromatic carbocycles. The second kappa shape index (κ2) is 5.55. The minimum absolute atomic E-state index is 0.0437. The Kier molecular flexibility index (Phi) is 4.06. The first-order valence-electron chi connectivity index (χ1n) is 5.17. The lowest BCUT2D eigenvalue weighted by molar-refractivity contribution is 0.537. The predicted molar refractivity (Wildman–Crippen MR) is 69.9 cm³/mol. The van der Waals surface area contributed by atoms with Gasteiger partial charge in [-0.1, -0.05) is 11.6 Å². The van der Waals surface area contributed by atoms with Crippen LogP contribution in [0.2, 0.25) is 5.02 Å². The van der Waals surface area contributed by atoms with Gasteiger partial charge in [-0.05, 0) is 19.1 Å². The number of hydrogen-bond donors (Lipinski definition) is 2. The van der Waals surface area contributed by atoms with Crippen LogP contribution in [0.3, 0.4) is 0 Å². The lowest BCUT2D eigenvalue weighted by atomic mass is 10.1. The molecule has 0 radical (unpaired) electrons. The normalized spacial score (nSPS) is 12.6. The zero-order valence-corrected chi connectivity index (χ0v) is 10.9. The molecule has 2 rings (SSSR count). The zero-order valence-electron chi connectivity index (χ0n) is 9.35. The van der Waals surface area contributed by atoms with Crippen molar-refractivity contribution in [3.63, 3.8) is 0 Å². The van der Waals surface area contributed by atoms with E-state index >= 15 is 0 Å². The molecule has 0 saturated heterocycles. The van der Waals surface area contributed by atoms with Crippen molar-refractivity contribution in [1.29, 1.82) is 0 Å². The fourth-order valence-electron chi connectivity index (χ4n) is 1.51. The maximum absolute atomic E-state index is 5.80. The summed E-state index contributed by atoms with van der Waals surface area (Å²) in [5, 5.41) is 3.69. The first kappa shape index (κ1) is 12.4. The van der Waals surface area contributed by atoms with Gasteiger partial charge in [0.05, 0.1) is 21.8 Å². The number of aromatic nitrogens is 2. The van der Waals surface area contributed by atoms with E-state index in [1.54, 1.807) is 23.6 Å². The second-order valence-corrected chi connectivity index (χ2v) is 5.09. The third-order valence-corrected chi connectivity index (χ3v) is 3.57. The Bertz CT molecular complexity index is 482. The van der Waals surface area contributed by atoms with Gasteiger partial charge in [0, 0.05) is 23.7 Å². The van der Waals surface area contributed by atoms with E-state index in [0.29, 0.717) is 5.02 Å². The molecule has 3 N–H and O–H groups in total. The van der Waals surface area contributed by atoms with Gasteiger partial charge in [-0.15, -0.1) is 11.3 Å². The molecule has 0 bridgehead atoms. The minimum atomic E-state index is -0.0437. The van der Waals surface area contributed by atoms with E-state index in [1.807, 2.05) is 18.4 Å². The number of nitrogens with two attached hydrogens (primary N) is 1. The number of thiazole rings is 1. The summed E-state index contributed by atoms with van der Waals surface area (Å²) in [6.45, 7) is 1.98. The first-order valence-corrected chi connectivity index (χ1v) is 6.43. The standard InChI is InChI=1S/C11H13ClN4S/c1-7-6-17-11(15-7)4-10(16-13)9-3-2-8(12)5-14-9/h2-3,5-6,10,16H,4,13H2,1H3. The molecule has 6 heteroatoms. The number of nitrogens with zero attached hydrogens (tertiary/aromatic N) is 2. The Labute approximate surface area is 109 Å². The van der Waals surface area contributed by atoms with Crippen molar-refractivity contribution >= 4 is 22.9 Å². The number of pyridine rings is 1. The van der Waals surface area contributed by atoms with Crippen LogP contribution in [0.4, 0.5) is 0 Å². The molecule has 2 aromatic heterocycles. The van der Waals surface area contributed by atoms with Gasteiger partial charge in [-0.2, -0.15) is 0 Å². The van der Waals surface area contributed by atoms with E-state index < -0.39 is 0 Å². The maximum Gasteiger partial charge on any atom is 0.0948 e. The molecule has 2 aromatic rings. The summed E-state index contributed by atoms with van der Waals surface area (Å²) in [6.07, 6.45) is 2.35. The van der Waals surface area contributed by atoms with Crippen molar-refractivity contribution in [3.05, 3.63) is 45.1 Å². The average molecular weight is 269 g/mol. The third-order valence-electron chi connectivity index (χ3n) is 2.35. The fraction of sp³-hybridized carbons (Fsp3) is 0.273. The Morgan fingerprint density at radius 1 is 1.53 bits per heavy atom. The summed E-state index contributed by atoms with van der Waals surface area (Å²) >= 11 is 7.43. The van der Waals surface area contributed by atoms with Gasteiger partial charge in [0.15, 0.2) is 0 Å². The van der Waals surface area contributed by atoms with Gasteiger partial charge in [0.2, 0.25) is 0 Å². The Morgan fingerprint density at radius 2 is 2.35 bits per heavy atom. The summed E-state index contributed by atoms with van der Waals surface area (Å²) in [7, 11) is 0. The van der Waals surface area contributed by atoms with Crippen LogP contribution in [-0.4, -0.2) is 9.97 Å². The summed E-state index contributed by atoms with van der Waals surface area (Å²) in [5.41, 5.74) is 4.65. The smallest absolute Gasteiger partial charge is 0.0948 e. The van der Waals surface area contributed by atoms with Crippen LogP contribution < -0.4 is 11.3 Å². The van der Waals surface area contributed by atoms with Crippen LogP contribution in [-0.2, 0) is 6.42 Å². The average Bonchev–Trinajstić information content (AvgIpc) is 2.73. The number of aryl methyl sites for hydroxylation is 1. The van der Waals surface area contributed by atoms with Gasteiger partial charge in [-0.3, -0.25) is 16.3 Å². The van der Waals surface area contributed by atoms with Crippen molar-refractivity contribution in [2.75, 3.05) is 0 Å². The molecule has 0 amide bonds. The molecule has 2 heterocycles. The molecule has 0 fully saturated rings. The number of hydrogen-bond acceptors (Lipinski definition) is 5. The molecule has 4 nitrogen and oxygen atoms in total. The van der Waals surface area contributed by atoms with Crippen LogP contribution in [0.25, 0.3) is 0 Å². The molecule has 0 saturated carbocycles. The summed E-state index contributed by atoms with van der Waals surface area (Å²) in [6, 6.07) is 3.63. The van der Waals surface area contributed by atoms with Gasteiger partial charge in [0.25, 0.3) is 0 Å². The fourth-order valence-corrected chi connectivity index (χ4v) is 2.44. The maximum atomic E-state index is 5.80. The lowest BCUT2D eigenvalue weighted by Crippen LogP contribution is -2.30. The van der Waals surface area contributed by atoms with Gasteiger partial charge < -0.3 is 0 Å². The lowest BCUT2D eigenvalue weighted by Gasteiger charge is -2.13. The molecular formula is C11H13ClN4S. The molecule has 90 valence electrons. The highest BCUT2D eigenvalue weighted by atomic mass is 35.5. The summed E-state index contributed by atoms with van der Waals surface area (Å²) in [4.78, 5) is 8.67. The van der Waals surface area contributed by atoms with E-state index in [4.69, 9.17) is 17.4 Å². The number of halogens is 1. The van der Waals surface area contributed by atoms with Gasteiger partial charge in [-0.25, -0.2) is 4.98 Å². The number of rotatable bonds is 4. The van der Waals surface area contributed by atoms with E-state index in [0.717, 1.165) is 22.8 Å². The van der Waals surface area contributed by atoms with Crippen LogP contribution >= 0.6 is 22.9 Å². The first-order chi connectivity index (χ1) is 8.19.